The number of hydrogen-bond acceptors (Lipinski definition) is 2. The highest BCUT2D eigenvalue weighted by atomic mass is 15.0. The van der Waals surface area contributed by atoms with Crippen LogP contribution >= 0.6 is 0 Å². The van der Waals surface area contributed by atoms with Gasteiger partial charge in [-0.3, -0.25) is 0 Å². The summed E-state index contributed by atoms with van der Waals surface area (Å²) in [6.45, 7) is 13.4. The third-order valence-electron chi connectivity index (χ3n) is 15.1. The average Bonchev–Trinajstić information content (AvgIpc) is 3.93. The summed E-state index contributed by atoms with van der Waals surface area (Å²) in [5.41, 5.74) is 26.3. The van der Waals surface area contributed by atoms with Crippen molar-refractivity contribution >= 4 is 43.6 Å². The summed E-state index contributed by atoms with van der Waals surface area (Å²) < 4.78 is 4.97. The predicted molar refractivity (Wildman–Crippen MR) is 312 cm³/mol. The van der Waals surface area contributed by atoms with Crippen LogP contribution in [0.3, 0.4) is 0 Å². The van der Waals surface area contributed by atoms with E-state index in [0.29, 0.717) is 5.82 Å². The van der Waals surface area contributed by atoms with E-state index in [1.54, 1.807) is 0 Å². The van der Waals surface area contributed by atoms with Gasteiger partial charge >= 0.3 is 0 Å². The normalized spacial score (nSPS) is 11.6. The van der Waals surface area contributed by atoms with E-state index in [0.717, 1.165) is 72.6 Å². The maximum Gasteiger partial charge on any atom is 0.160 e. The van der Waals surface area contributed by atoms with Gasteiger partial charge in [0.25, 0.3) is 0 Å². The van der Waals surface area contributed by atoms with Gasteiger partial charge in [0.2, 0.25) is 0 Å². The molecule has 3 aromatic heterocycles. The highest BCUT2D eigenvalue weighted by Gasteiger charge is 2.25. The standard InChI is InChI=1S/C70H54N4/c1-43-36-45(3)67(46(4)37-43)51-32-34-64-57(40-51)58-41-52(68-47(5)38-44(2)39-48(68)6)33-35-65(58)74(64)66-31-19-27-55(60-42-59(49-20-9-7-10-21-49)71-70(72-60)50-22-11-8-12-23-50)69(66)56-26-15-18-30-63(56)73-61-28-16-13-24-53(61)54-25-14-17-29-62(54)73/h7-42H,1-6H3. The van der Waals surface area contributed by atoms with Crippen molar-refractivity contribution < 1.29 is 0 Å². The molecule has 13 aromatic rings. The van der Waals surface area contributed by atoms with E-state index in [-0.39, 0.29) is 0 Å². The summed E-state index contributed by atoms with van der Waals surface area (Å²) in [5, 5.41) is 4.84. The molecule has 354 valence electrons. The van der Waals surface area contributed by atoms with Gasteiger partial charge in [0.05, 0.1) is 44.8 Å². The molecule has 13 rings (SSSR count). The SMILES string of the molecule is Cc1cc(C)c(-c2ccc3c(c2)c2cc(-c4c(C)cc(C)cc4C)ccc2n3-c2cccc(-c3cc(-c4ccccc4)nc(-c4ccccc4)n3)c2-c2ccccc2-n2c3ccccc3c3ccccc32)c(C)c1. The zero-order chi connectivity index (χ0) is 50.2. The molecule has 4 nitrogen and oxygen atoms in total. The molecule has 74 heavy (non-hydrogen) atoms. The maximum atomic E-state index is 5.53. The van der Waals surface area contributed by atoms with Crippen LogP contribution in [0.15, 0.2) is 218 Å². The molecular formula is C70H54N4. The average molecular weight is 951 g/mol. The number of fused-ring (bicyclic) bond motifs is 6. The summed E-state index contributed by atoms with van der Waals surface area (Å²) >= 11 is 0. The quantitative estimate of drug-likeness (QED) is 0.152. The van der Waals surface area contributed by atoms with Crippen LogP contribution in [-0.4, -0.2) is 19.1 Å². The molecule has 0 unspecified atom stereocenters. The zero-order valence-corrected chi connectivity index (χ0v) is 42.6. The first-order chi connectivity index (χ1) is 36.2. The number of rotatable bonds is 8. The van der Waals surface area contributed by atoms with Crippen LogP contribution in [0.5, 0.6) is 0 Å². The van der Waals surface area contributed by atoms with Gasteiger partial charge < -0.3 is 9.13 Å². The lowest BCUT2D eigenvalue weighted by Gasteiger charge is -2.22. The molecule has 0 radical (unpaired) electrons. The van der Waals surface area contributed by atoms with Crippen molar-refractivity contribution in [1.82, 2.24) is 19.1 Å². The molecule has 10 aromatic carbocycles. The van der Waals surface area contributed by atoms with Crippen molar-refractivity contribution in [1.29, 1.82) is 0 Å². The minimum Gasteiger partial charge on any atom is -0.309 e. The Kier molecular flexibility index (Phi) is 10.8. The zero-order valence-electron chi connectivity index (χ0n) is 42.6. The first-order valence-corrected chi connectivity index (χ1v) is 25.6. The highest BCUT2D eigenvalue weighted by molar-refractivity contribution is 6.14. The minimum atomic E-state index is 0.675. The van der Waals surface area contributed by atoms with E-state index in [1.807, 2.05) is 6.07 Å². The molecule has 0 amide bonds. The molecule has 0 fully saturated rings. The van der Waals surface area contributed by atoms with Gasteiger partial charge in [-0.05, 0) is 141 Å². The van der Waals surface area contributed by atoms with Gasteiger partial charge in [0, 0.05) is 49.4 Å². The lowest BCUT2D eigenvalue weighted by atomic mass is 9.91. The fraction of sp³-hybridized carbons (Fsp3) is 0.0857. The molecule has 0 aliphatic carbocycles. The van der Waals surface area contributed by atoms with Gasteiger partial charge in [0.1, 0.15) is 0 Å². The molecule has 3 heterocycles. The van der Waals surface area contributed by atoms with Crippen LogP contribution in [-0.2, 0) is 0 Å². The topological polar surface area (TPSA) is 35.6 Å². The van der Waals surface area contributed by atoms with Gasteiger partial charge in [-0.15, -0.1) is 0 Å². The third-order valence-corrected chi connectivity index (χ3v) is 15.1. The Morgan fingerprint density at radius 3 is 1.28 bits per heavy atom. The first-order valence-electron chi connectivity index (χ1n) is 25.6. The Morgan fingerprint density at radius 1 is 0.284 bits per heavy atom. The van der Waals surface area contributed by atoms with Crippen LogP contribution in [0.2, 0.25) is 0 Å². The fourth-order valence-electron chi connectivity index (χ4n) is 12.2. The lowest BCUT2D eigenvalue weighted by molar-refractivity contribution is 1.15. The van der Waals surface area contributed by atoms with Crippen LogP contribution in [0.1, 0.15) is 33.4 Å². The van der Waals surface area contributed by atoms with E-state index < -0.39 is 0 Å². The number of para-hydroxylation sites is 3. The molecule has 0 N–H and O–H groups in total. The Hall–Kier alpha value is -9.12. The number of aromatic nitrogens is 4. The molecule has 0 aliphatic rings. The summed E-state index contributed by atoms with van der Waals surface area (Å²) in [6, 6.07) is 79.8. The largest absolute Gasteiger partial charge is 0.309 e. The molecule has 0 spiro atoms. The Balaban J connectivity index is 1.16. The summed E-state index contributed by atoms with van der Waals surface area (Å²) in [4.78, 5) is 10.8. The Labute approximate surface area is 432 Å². The van der Waals surface area contributed by atoms with Gasteiger partial charge in [-0.1, -0.05) is 175 Å². The smallest absolute Gasteiger partial charge is 0.160 e. The first kappa shape index (κ1) is 44.8. The monoisotopic (exact) mass is 950 g/mol. The number of nitrogens with zero attached hydrogens (tertiary/aromatic N) is 4. The molecule has 0 saturated heterocycles. The van der Waals surface area contributed by atoms with Gasteiger partial charge in [-0.25, -0.2) is 9.97 Å². The molecule has 0 atom stereocenters. The van der Waals surface area contributed by atoms with Crippen molar-refractivity contribution in [3.05, 3.63) is 252 Å². The van der Waals surface area contributed by atoms with Gasteiger partial charge in [0.15, 0.2) is 5.82 Å². The number of hydrogen-bond donors (Lipinski definition) is 0. The molecule has 0 saturated carbocycles. The summed E-state index contributed by atoms with van der Waals surface area (Å²) in [5.74, 6) is 0.675. The van der Waals surface area contributed by atoms with Crippen molar-refractivity contribution in [3.63, 3.8) is 0 Å². The Bertz CT molecular complexity index is 4090. The molecular weight excluding hydrogens is 897 g/mol. The molecule has 0 aliphatic heterocycles. The van der Waals surface area contributed by atoms with Crippen molar-refractivity contribution in [2.45, 2.75) is 41.5 Å². The number of benzene rings is 10. The molecule has 4 heteroatoms. The highest BCUT2D eigenvalue weighted by Crippen LogP contribution is 2.47. The minimum absolute atomic E-state index is 0.675. The van der Waals surface area contributed by atoms with E-state index in [1.165, 1.54) is 77.2 Å². The van der Waals surface area contributed by atoms with Crippen LogP contribution in [0, 0.1) is 41.5 Å². The van der Waals surface area contributed by atoms with E-state index >= 15 is 0 Å². The van der Waals surface area contributed by atoms with E-state index in [4.69, 9.17) is 9.97 Å². The van der Waals surface area contributed by atoms with Crippen LogP contribution in [0.25, 0.3) is 122 Å². The molecule has 0 bridgehead atoms. The maximum absolute atomic E-state index is 5.53. The van der Waals surface area contributed by atoms with Crippen molar-refractivity contribution in [2.24, 2.45) is 0 Å². The van der Waals surface area contributed by atoms with E-state index in [9.17, 15) is 0 Å². The fourth-order valence-corrected chi connectivity index (χ4v) is 12.2. The van der Waals surface area contributed by atoms with Gasteiger partial charge in [-0.2, -0.15) is 0 Å². The second-order valence-electron chi connectivity index (χ2n) is 20.1. The van der Waals surface area contributed by atoms with Crippen LogP contribution < -0.4 is 0 Å². The second kappa shape index (κ2) is 17.9. The van der Waals surface area contributed by atoms with Crippen molar-refractivity contribution in [2.75, 3.05) is 0 Å². The number of aryl methyl sites for hydroxylation is 6. The second-order valence-corrected chi connectivity index (χ2v) is 20.1. The summed E-state index contributed by atoms with van der Waals surface area (Å²) in [7, 11) is 0. The predicted octanol–water partition coefficient (Wildman–Crippen LogP) is 18.5. The third kappa shape index (κ3) is 7.44. The van der Waals surface area contributed by atoms with Crippen molar-refractivity contribution in [3.8, 4) is 78.7 Å². The van der Waals surface area contributed by atoms with Crippen LogP contribution in [0.4, 0.5) is 0 Å². The van der Waals surface area contributed by atoms with E-state index in [2.05, 4.69) is 263 Å². The Morgan fingerprint density at radius 2 is 0.716 bits per heavy atom. The summed E-state index contributed by atoms with van der Waals surface area (Å²) in [6.07, 6.45) is 0. The lowest BCUT2D eigenvalue weighted by Crippen LogP contribution is -2.04.